The lowest BCUT2D eigenvalue weighted by atomic mass is 9.89. The summed E-state index contributed by atoms with van der Waals surface area (Å²) in [7, 11) is -3.91. The highest BCUT2D eigenvalue weighted by Crippen LogP contribution is 2.39. The number of carbonyl (C=O) groups is 1. The van der Waals surface area contributed by atoms with Crippen molar-refractivity contribution >= 4 is 21.6 Å². The second kappa shape index (κ2) is 7.86. The highest BCUT2D eigenvalue weighted by atomic mass is 32.2. The van der Waals surface area contributed by atoms with Crippen LogP contribution in [0.1, 0.15) is 37.4 Å². The van der Waals surface area contributed by atoms with Crippen LogP contribution < -0.4 is 14.4 Å². The standard InChI is InChI=1S/C21H24F2N2O4S/c1-13-5-8-19-15(9-13)18(11-21(2,3)29-19)24-20(26)12-25(30(4,27)28)14-6-7-16(22)17(23)10-14/h5-10,18H,11-12H2,1-4H3,(H,24,26)/t18-/m1/s1. The first-order valence-electron chi connectivity index (χ1n) is 9.37. The van der Waals surface area contributed by atoms with Gasteiger partial charge in [-0.3, -0.25) is 9.10 Å². The summed E-state index contributed by atoms with van der Waals surface area (Å²) in [6.07, 6.45) is 1.39. The SMILES string of the molecule is Cc1ccc2c(c1)[C@H](NC(=O)CN(c1ccc(F)c(F)c1)S(C)(=O)=O)CC(C)(C)O2. The Morgan fingerprint density at radius 1 is 1.20 bits per heavy atom. The molecule has 0 saturated heterocycles. The molecule has 1 aliphatic heterocycles. The Morgan fingerprint density at radius 3 is 2.53 bits per heavy atom. The summed E-state index contributed by atoms with van der Waals surface area (Å²) >= 11 is 0. The Labute approximate surface area is 174 Å². The molecule has 0 unspecified atom stereocenters. The van der Waals surface area contributed by atoms with Crippen LogP contribution in [0.5, 0.6) is 5.75 Å². The number of rotatable bonds is 5. The van der Waals surface area contributed by atoms with Crippen LogP contribution in [-0.2, 0) is 14.8 Å². The van der Waals surface area contributed by atoms with Crippen LogP contribution in [0.2, 0.25) is 0 Å². The number of hydrogen-bond acceptors (Lipinski definition) is 4. The molecule has 2 aromatic carbocycles. The van der Waals surface area contributed by atoms with Crippen molar-refractivity contribution in [3.8, 4) is 5.75 Å². The minimum Gasteiger partial charge on any atom is -0.487 e. The van der Waals surface area contributed by atoms with E-state index in [1.807, 2.05) is 39.0 Å². The normalized spacial score (nSPS) is 17.6. The van der Waals surface area contributed by atoms with E-state index >= 15 is 0 Å². The maximum atomic E-state index is 13.6. The van der Waals surface area contributed by atoms with Gasteiger partial charge in [-0.2, -0.15) is 0 Å². The lowest BCUT2D eigenvalue weighted by Gasteiger charge is -2.38. The van der Waals surface area contributed by atoms with Crippen LogP contribution in [-0.4, -0.2) is 32.7 Å². The number of ether oxygens (including phenoxy) is 1. The molecule has 1 amide bonds. The zero-order valence-electron chi connectivity index (χ0n) is 17.2. The number of amides is 1. The van der Waals surface area contributed by atoms with E-state index in [1.165, 1.54) is 0 Å². The highest BCUT2D eigenvalue weighted by Gasteiger charge is 2.35. The Kier molecular flexibility index (Phi) is 5.77. The average molecular weight is 438 g/mol. The quantitative estimate of drug-likeness (QED) is 0.776. The first kappa shape index (κ1) is 22.0. The summed E-state index contributed by atoms with van der Waals surface area (Å²) in [4.78, 5) is 12.8. The maximum Gasteiger partial charge on any atom is 0.241 e. The summed E-state index contributed by atoms with van der Waals surface area (Å²) in [6.45, 7) is 5.16. The average Bonchev–Trinajstić information content (AvgIpc) is 2.61. The molecule has 0 spiro atoms. The first-order valence-corrected chi connectivity index (χ1v) is 11.2. The fourth-order valence-corrected chi connectivity index (χ4v) is 4.36. The van der Waals surface area contributed by atoms with E-state index in [4.69, 9.17) is 4.74 Å². The topological polar surface area (TPSA) is 75.7 Å². The van der Waals surface area contributed by atoms with Crippen molar-refractivity contribution in [3.63, 3.8) is 0 Å². The van der Waals surface area contributed by atoms with Crippen molar-refractivity contribution in [3.05, 3.63) is 59.2 Å². The number of nitrogens with zero attached hydrogens (tertiary/aromatic N) is 1. The number of aryl methyl sites for hydroxylation is 1. The van der Waals surface area contributed by atoms with E-state index in [0.29, 0.717) is 12.2 Å². The maximum absolute atomic E-state index is 13.6. The number of benzene rings is 2. The van der Waals surface area contributed by atoms with Gasteiger partial charge in [-0.1, -0.05) is 17.7 Å². The number of halogens is 2. The molecule has 3 rings (SSSR count). The third kappa shape index (κ3) is 4.89. The van der Waals surface area contributed by atoms with Crippen molar-refractivity contribution in [2.24, 2.45) is 0 Å². The smallest absolute Gasteiger partial charge is 0.241 e. The third-order valence-corrected chi connectivity index (χ3v) is 5.98. The number of hydrogen-bond donors (Lipinski definition) is 1. The molecule has 1 atom stereocenters. The van der Waals surface area contributed by atoms with Crippen molar-refractivity contribution in [1.29, 1.82) is 0 Å². The molecule has 0 bridgehead atoms. The molecule has 1 aliphatic rings. The Morgan fingerprint density at radius 2 is 1.90 bits per heavy atom. The predicted molar refractivity (Wildman–Crippen MR) is 110 cm³/mol. The molecule has 6 nitrogen and oxygen atoms in total. The fraction of sp³-hybridized carbons (Fsp3) is 0.381. The van der Waals surface area contributed by atoms with Gasteiger partial charge in [-0.15, -0.1) is 0 Å². The minimum absolute atomic E-state index is 0.130. The molecule has 0 radical (unpaired) electrons. The van der Waals surface area contributed by atoms with Gasteiger partial charge >= 0.3 is 0 Å². The van der Waals surface area contributed by atoms with Gasteiger partial charge in [0, 0.05) is 18.1 Å². The summed E-state index contributed by atoms with van der Waals surface area (Å²) in [5, 5.41) is 2.86. The molecule has 9 heteroatoms. The van der Waals surface area contributed by atoms with Crippen molar-refractivity contribution < 1.29 is 26.7 Å². The summed E-state index contributed by atoms with van der Waals surface area (Å²) in [5.74, 6) is -2.21. The lowest BCUT2D eigenvalue weighted by molar-refractivity contribution is -0.120. The largest absolute Gasteiger partial charge is 0.487 e. The second-order valence-electron chi connectivity index (χ2n) is 8.10. The van der Waals surface area contributed by atoms with E-state index in [-0.39, 0.29) is 11.7 Å². The zero-order chi connectivity index (χ0) is 22.3. The molecule has 2 aromatic rings. The number of nitrogens with one attached hydrogen (secondary N) is 1. The van der Waals surface area contributed by atoms with Crippen molar-refractivity contribution in [2.75, 3.05) is 17.1 Å². The van der Waals surface area contributed by atoms with Gasteiger partial charge in [0.25, 0.3) is 0 Å². The van der Waals surface area contributed by atoms with Gasteiger partial charge in [0.2, 0.25) is 15.9 Å². The Bertz CT molecular complexity index is 1090. The molecule has 1 heterocycles. The molecule has 162 valence electrons. The minimum atomic E-state index is -3.91. The number of anilines is 1. The van der Waals surface area contributed by atoms with E-state index in [2.05, 4.69) is 5.32 Å². The molecular weight excluding hydrogens is 414 g/mol. The molecular formula is C21H24F2N2O4S. The summed E-state index contributed by atoms with van der Waals surface area (Å²) in [5.41, 5.74) is 1.14. The van der Waals surface area contributed by atoms with Crippen molar-refractivity contribution in [1.82, 2.24) is 5.32 Å². The van der Waals surface area contributed by atoms with Gasteiger partial charge in [0.05, 0.1) is 18.0 Å². The third-order valence-electron chi connectivity index (χ3n) is 4.84. The summed E-state index contributed by atoms with van der Waals surface area (Å²) in [6, 6.07) is 7.97. The molecule has 0 aliphatic carbocycles. The van der Waals surface area contributed by atoms with E-state index < -0.39 is 39.7 Å². The monoisotopic (exact) mass is 438 g/mol. The van der Waals surface area contributed by atoms with Crippen LogP contribution in [0, 0.1) is 18.6 Å². The lowest BCUT2D eigenvalue weighted by Crippen LogP contribution is -2.45. The van der Waals surface area contributed by atoms with Gasteiger partial charge < -0.3 is 10.1 Å². The molecule has 0 fully saturated rings. The Balaban J connectivity index is 1.86. The predicted octanol–water partition coefficient (Wildman–Crippen LogP) is 3.46. The summed E-state index contributed by atoms with van der Waals surface area (Å²) < 4.78 is 58.0. The van der Waals surface area contributed by atoms with Gasteiger partial charge in [-0.25, -0.2) is 17.2 Å². The molecule has 0 aromatic heterocycles. The zero-order valence-corrected chi connectivity index (χ0v) is 18.0. The van der Waals surface area contributed by atoms with Crippen LogP contribution in [0.4, 0.5) is 14.5 Å². The van der Waals surface area contributed by atoms with Gasteiger partial charge in [0.15, 0.2) is 11.6 Å². The molecule has 30 heavy (non-hydrogen) atoms. The van der Waals surface area contributed by atoms with E-state index in [1.54, 1.807) is 0 Å². The van der Waals surface area contributed by atoms with Crippen LogP contribution >= 0.6 is 0 Å². The van der Waals surface area contributed by atoms with E-state index in [0.717, 1.165) is 39.9 Å². The van der Waals surface area contributed by atoms with Crippen LogP contribution in [0.15, 0.2) is 36.4 Å². The van der Waals surface area contributed by atoms with Gasteiger partial charge in [0.1, 0.15) is 17.9 Å². The van der Waals surface area contributed by atoms with E-state index in [9.17, 15) is 22.0 Å². The number of fused-ring (bicyclic) bond motifs is 1. The Hall–Kier alpha value is -2.68. The van der Waals surface area contributed by atoms with Gasteiger partial charge in [-0.05, 0) is 39.0 Å². The van der Waals surface area contributed by atoms with Crippen molar-refractivity contribution in [2.45, 2.75) is 38.8 Å². The number of sulfonamides is 1. The molecule has 0 saturated carbocycles. The number of carbonyl (C=O) groups excluding carboxylic acids is 1. The van der Waals surface area contributed by atoms with Crippen LogP contribution in [0.3, 0.4) is 0 Å². The van der Waals surface area contributed by atoms with Crippen LogP contribution in [0.25, 0.3) is 0 Å². The second-order valence-corrected chi connectivity index (χ2v) is 10.0. The molecule has 1 N–H and O–H groups in total. The first-order chi connectivity index (χ1) is 13.9. The highest BCUT2D eigenvalue weighted by molar-refractivity contribution is 7.92. The fourth-order valence-electron chi connectivity index (χ4n) is 3.51.